The third-order valence-corrected chi connectivity index (χ3v) is 4.97. The lowest BCUT2D eigenvalue weighted by atomic mass is 9.99. The molecule has 1 atom stereocenters. The smallest absolute Gasteiger partial charge is 0.0596 e. The largest absolute Gasteiger partial charge is 0.309 e. The SMILES string of the molecule is CNC(c1cc(Br)ccc1Br)c1ccccc1I. The van der Waals surface area contributed by atoms with Gasteiger partial charge in [-0.15, -0.1) is 0 Å². The van der Waals surface area contributed by atoms with Gasteiger partial charge in [0.2, 0.25) is 0 Å². The van der Waals surface area contributed by atoms with Gasteiger partial charge in [0.05, 0.1) is 6.04 Å². The van der Waals surface area contributed by atoms with Crippen molar-refractivity contribution in [1.29, 1.82) is 0 Å². The van der Waals surface area contributed by atoms with Gasteiger partial charge in [0.25, 0.3) is 0 Å². The average Bonchev–Trinajstić information content (AvgIpc) is 2.36. The Morgan fingerprint density at radius 2 is 1.78 bits per heavy atom. The van der Waals surface area contributed by atoms with Crippen LogP contribution in [0.4, 0.5) is 0 Å². The first-order chi connectivity index (χ1) is 8.63. The molecule has 4 heteroatoms. The van der Waals surface area contributed by atoms with Crippen molar-refractivity contribution in [3.8, 4) is 0 Å². The molecule has 0 radical (unpaired) electrons. The van der Waals surface area contributed by atoms with E-state index < -0.39 is 0 Å². The second-order valence-corrected chi connectivity index (χ2v) is 6.84. The van der Waals surface area contributed by atoms with Crippen LogP contribution in [0.1, 0.15) is 17.2 Å². The summed E-state index contributed by atoms with van der Waals surface area (Å²) in [5, 5.41) is 3.39. The standard InChI is InChI=1S/C14H12Br2IN/c1-18-14(10-4-2-3-5-13(10)17)11-8-9(15)6-7-12(11)16/h2-8,14,18H,1H3. The van der Waals surface area contributed by atoms with Crippen LogP contribution in [0.15, 0.2) is 51.4 Å². The van der Waals surface area contributed by atoms with Crippen molar-refractivity contribution < 1.29 is 0 Å². The zero-order chi connectivity index (χ0) is 13.1. The molecule has 0 saturated heterocycles. The van der Waals surface area contributed by atoms with E-state index in [1.54, 1.807) is 0 Å². The monoisotopic (exact) mass is 479 g/mol. The Labute approximate surface area is 138 Å². The van der Waals surface area contributed by atoms with E-state index in [4.69, 9.17) is 0 Å². The number of rotatable bonds is 3. The van der Waals surface area contributed by atoms with Crippen LogP contribution >= 0.6 is 54.5 Å². The summed E-state index contributed by atoms with van der Waals surface area (Å²) in [5.41, 5.74) is 2.52. The quantitative estimate of drug-likeness (QED) is 0.601. The maximum Gasteiger partial charge on any atom is 0.0596 e. The predicted octanol–water partition coefficient (Wildman–Crippen LogP) is 5.13. The van der Waals surface area contributed by atoms with E-state index in [0.29, 0.717) is 0 Å². The molecule has 0 bridgehead atoms. The molecule has 2 aromatic rings. The molecule has 94 valence electrons. The van der Waals surface area contributed by atoms with Gasteiger partial charge in [0.15, 0.2) is 0 Å². The Morgan fingerprint density at radius 3 is 2.44 bits per heavy atom. The van der Waals surface area contributed by atoms with E-state index in [9.17, 15) is 0 Å². The van der Waals surface area contributed by atoms with Gasteiger partial charge in [-0.25, -0.2) is 0 Å². The van der Waals surface area contributed by atoms with Crippen LogP contribution in [0.25, 0.3) is 0 Å². The van der Waals surface area contributed by atoms with Crippen molar-refractivity contribution in [2.45, 2.75) is 6.04 Å². The van der Waals surface area contributed by atoms with Crippen molar-refractivity contribution in [3.63, 3.8) is 0 Å². The summed E-state index contributed by atoms with van der Waals surface area (Å²) in [6.45, 7) is 0. The Balaban J connectivity index is 2.52. The lowest BCUT2D eigenvalue weighted by Gasteiger charge is -2.20. The van der Waals surface area contributed by atoms with Crippen molar-refractivity contribution in [1.82, 2.24) is 5.32 Å². The van der Waals surface area contributed by atoms with Gasteiger partial charge in [-0.3, -0.25) is 0 Å². The minimum Gasteiger partial charge on any atom is -0.309 e. The van der Waals surface area contributed by atoms with Gasteiger partial charge in [-0.2, -0.15) is 0 Å². The summed E-state index contributed by atoms with van der Waals surface area (Å²) < 4.78 is 3.47. The summed E-state index contributed by atoms with van der Waals surface area (Å²) in [6.07, 6.45) is 0. The van der Waals surface area contributed by atoms with Gasteiger partial charge in [0.1, 0.15) is 0 Å². The normalized spacial score (nSPS) is 12.4. The lowest BCUT2D eigenvalue weighted by molar-refractivity contribution is 0.685. The molecule has 1 unspecified atom stereocenters. The summed E-state index contributed by atoms with van der Waals surface area (Å²) in [4.78, 5) is 0. The second kappa shape index (κ2) is 6.50. The average molecular weight is 481 g/mol. The fourth-order valence-corrected chi connectivity index (χ4v) is 3.48. The molecule has 2 aromatic carbocycles. The number of nitrogens with one attached hydrogen (secondary N) is 1. The molecule has 18 heavy (non-hydrogen) atoms. The predicted molar refractivity (Wildman–Crippen MR) is 91.9 cm³/mol. The van der Waals surface area contributed by atoms with E-state index >= 15 is 0 Å². The fraction of sp³-hybridized carbons (Fsp3) is 0.143. The molecular weight excluding hydrogens is 469 g/mol. The molecule has 0 aliphatic carbocycles. The van der Waals surface area contributed by atoms with Crippen LogP contribution in [0, 0.1) is 3.57 Å². The van der Waals surface area contributed by atoms with E-state index in [1.807, 2.05) is 13.1 Å². The molecule has 0 aromatic heterocycles. The molecule has 0 fully saturated rings. The van der Waals surface area contributed by atoms with Crippen LogP contribution < -0.4 is 5.32 Å². The topological polar surface area (TPSA) is 12.0 Å². The highest BCUT2D eigenvalue weighted by Gasteiger charge is 2.17. The van der Waals surface area contributed by atoms with E-state index in [2.05, 4.69) is 96.2 Å². The number of benzene rings is 2. The first-order valence-corrected chi connectivity index (χ1v) is 8.16. The van der Waals surface area contributed by atoms with Crippen LogP contribution in [0.2, 0.25) is 0 Å². The zero-order valence-electron chi connectivity index (χ0n) is 9.75. The van der Waals surface area contributed by atoms with Crippen LogP contribution in [0.5, 0.6) is 0 Å². The maximum atomic E-state index is 3.63. The zero-order valence-corrected chi connectivity index (χ0v) is 15.1. The third kappa shape index (κ3) is 3.15. The van der Waals surface area contributed by atoms with Crippen molar-refractivity contribution in [2.75, 3.05) is 7.05 Å². The number of halogens is 3. The first-order valence-electron chi connectivity index (χ1n) is 5.50. The van der Waals surface area contributed by atoms with Crippen LogP contribution in [-0.4, -0.2) is 7.05 Å². The number of hydrogen-bond donors (Lipinski definition) is 1. The molecule has 0 amide bonds. The fourth-order valence-electron chi connectivity index (χ4n) is 1.92. The molecule has 0 saturated carbocycles. The summed E-state index contributed by atoms with van der Waals surface area (Å²) in [5.74, 6) is 0. The molecule has 0 aliphatic heterocycles. The van der Waals surface area contributed by atoms with Crippen LogP contribution in [-0.2, 0) is 0 Å². The maximum absolute atomic E-state index is 3.63. The molecule has 2 rings (SSSR count). The van der Waals surface area contributed by atoms with Crippen LogP contribution in [0.3, 0.4) is 0 Å². The minimum atomic E-state index is 0.185. The molecule has 1 N–H and O–H groups in total. The second-order valence-electron chi connectivity index (χ2n) is 3.91. The molecule has 0 aliphatic rings. The van der Waals surface area contributed by atoms with Gasteiger partial charge in [0, 0.05) is 12.5 Å². The van der Waals surface area contributed by atoms with E-state index in [-0.39, 0.29) is 6.04 Å². The van der Waals surface area contributed by atoms with E-state index in [1.165, 1.54) is 14.7 Å². The Hall–Kier alpha value is 0.0900. The highest BCUT2D eigenvalue weighted by atomic mass is 127. The molecule has 0 heterocycles. The Morgan fingerprint density at radius 1 is 1.06 bits per heavy atom. The van der Waals surface area contributed by atoms with Gasteiger partial charge in [-0.1, -0.05) is 50.1 Å². The van der Waals surface area contributed by atoms with Gasteiger partial charge >= 0.3 is 0 Å². The highest BCUT2D eigenvalue weighted by Crippen LogP contribution is 2.32. The molecule has 1 nitrogen and oxygen atoms in total. The number of hydrogen-bond acceptors (Lipinski definition) is 1. The highest BCUT2D eigenvalue weighted by molar-refractivity contribution is 14.1. The lowest BCUT2D eigenvalue weighted by Crippen LogP contribution is -2.19. The summed E-state index contributed by atoms with van der Waals surface area (Å²) in [7, 11) is 1.99. The Bertz CT molecular complexity index is 557. The van der Waals surface area contributed by atoms with E-state index in [0.717, 1.165) is 8.95 Å². The van der Waals surface area contributed by atoms with Gasteiger partial charge < -0.3 is 5.32 Å². The first kappa shape index (κ1) is 14.5. The third-order valence-electron chi connectivity index (χ3n) is 2.77. The Kier molecular flexibility index (Phi) is 5.24. The minimum absolute atomic E-state index is 0.185. The van der Waals surface area contributed by atoms with Crippen molar-refractivity contribution in [2.24, 2.45) is 0 Å². The molecule has 0 spiro atoms. The summed E-state index contributed by atoms with van der Waals surface area (Å²) >= 11 is 9.54. The summed E-state index contributed by atoms with van der Waals surface area (Å²) in [6, 6.07) is 14.9. The molecular formula is C14H12Br2IN. The van der Waals surface area contributed by atoms with Crippen molar-refractivity contribution in [3.05, 3.63) is 66.1 Å². The van der Waals surface area contributed by atoms with Crippen molar-refractivity contribution >= 4 is 54.5 Å². The van der Waals surface area contributed by atoms with Gasteiger partial charge in [-0.05, 0) is 65.0 Å².